The zero-order chi connectivity index (χ0) is 5.41. The van der Waals surface area contributed by atoms with Crippen molar-refractivity contribution < 1.29 is 5.41 Å². The fourth-order valence-corrected chi connectivity index (χ4v) is 0. The maximum atomic E-state index is 4.50. The van der Waals surface area contributed by atoms with Crippen LogP contribution in [0.5, 0.6) is 0 Å². The molecule has 0 aromatic carbocycles. The van der Waals surface area contributed by atoms with Gasteiger partial charge in [-0.05, 0) is 0 Å². The van der Waals surface area contributed by atoms with Gasteiger partial charge in [0.2, 0.25) is 6.34 Å². The molecule has 0 bridgehead atoms. The molecule has 4 N–H and O–H groups in total. The first kappa shape index (κ1) is 10.8. The Hall–Kier alpha value is 1.85. The van der Waals surface area contributed by atoms with Crippen molar-refractivity contribution in [1.29, 1.82) is 0 Å². The second kappa shape index (κ2) is 15.8. The van der Waals surface area contributed by atoms with E-state index in [0.29, 0.717) is 0 Å². The Bertz CT molecular complexity index is 25.5. The molecule has 0 fully saturated rings. The van der Waals surface area contributed by atoms with E-state index in [9.17, 15) is 0 Å². The summed E-state index contributed by atoms with van der Waals surface area (Å²) < 4.78 is 0. The van der Waals surface area contributed by atoms with Gasteiger partial charge >= 0.3 is 51.2 Å². The van der Waals surface area contributed by atoms with Crippen molar-refractivity contribution in [3.05, 3.63) is 0 Å². The second-order valence-corrected chi connectivity index (χ2v) is 28.4. The fourth-order valence-electron chi connectivity index (χ4n) is 0. The topological polar surface area (TPSA) is 51.6 Å². The Morgan fingerprint density at radius 2 is 1.67 bits per heavy atom. The van der Waals surface area contributed by atoms with E-state index in [2.05, 4.69) is 46.7 Å². The molecule has 0 saturated carbocycles. The van der Waals surface area contributed by atoms with Gasteiger partial charge in [-0.1, -0.05) is 0 Å². The Morgan fingerprint density at radius 3 is 1.67 bits per heavy atom. The molecule has 0 aromatic heterocycles. The predicted molar refractivity (Wildman–Crippen MR) is 46.0 cm³/mol. The van der Waals surface area contributed by atoms with E-state index in [0.717, 1.165) is 6.34 Å². The molecule has 0 unspecified atom stereocenters. The molecular formula is CH5I2N2Pb+. The van der Waals surface area contributed by atoms with E-state index in [1.807, 2.05) is 0 Å². The summed E-state index contributed by atoms with van der Waals surface area (Å²) in [5.74, 6) is 0. The third kappa shape index (κ3) is 40.2. The van der Waals surface area contributed by atoms with Crippen LogP contribution in [0.4, 0.5) is 0 Å². The summed E-state index contributed by atoms with van der Waals surface area (Å²) in [7, 11) is 0. The van der Waals surface area contributed by atoms with Crippen LogP contribution < -0.4 is 11.1 Å². The summed E-state index contributed by atoms with van der Waals surface area (Å²) in [6.45, 7) is 0. The minimum absolute atomic E-state index is 0.0233. The first-order valence-corrected chi connectivity index (χ1v) is 22.9. The molecule has 0 aliphatic carbocycles. The van der Waals surface area contributed by atoms with Crippen LogP contribution in [0.25, 0.3) is 0 Å². The molecule has 0 spiro atoms. The molecule has 0 atom stereocenters. The van der Waals surface area contributed by atoms with Gasteiger partial charge in [0.15, 0.2) is 0 Å². The van der Waals surface area contributed by atoms with Gasteiger partial charge < -0.3 is 0 Å². The Kier molecular flexibility index (Phi) is 28.4. The van der Waals surface area contributed by atoms with Crippen molar-refractivity contribution in [3.8, 4) is 0 Å². The number of halogens is 2. The molecule has 0 heterocycles. The van der Waals surface area contributed by atoms with Crippen LogP contribution in [0, 0.1) is 0 Å². The molecule has 0 rings (SSSR count). The van der Waals surface area contributed by atoms with Gasteiger partial charge in [0, 0.05) is 0 Å². The van der Waals surface area contributed by atoms with Gasteiger partial charge in [-0.3, -0.25) is 11.1 Å². The first-order chi connectivity index (χ1) is 2.83. The van der Waals surface area contributed by atoms with Gasteiger partial charge in [-0.2, -0.15) is 0 Å². The molecule has 36 valence electrons. The van der Waals surface area contributed by atoms with Crippen molar-refractivity contribution in [2.24, 2.45) is 5.73 Å². The quantitative estimate of drug-likeness (QED) is 0.191. The molecule has 0 aliphatic rings. The maximum absolute atomic E-state index is 4.50. The zero-order valence-corrected chi connectivity index (χ0v) is 11.2. The normalized spacial score (nSPS) is 5.00. The number of hydrogen-bond acceptors (Lipinski definition) is 0. The van der Waals surface area contributed by atoms with Gasteiger partial charge in [0.05, 0.1) is 0 Å². The van der Waals surface area contributed by atoms with Crippen molar-refractivity contribution >= 4 is 57.5 Å². The van der Waals surface area contributed by atoms with E-state index in [-0.39, 0.29) is 15.6 Å². The van der Waals surface area contributed by atoms with E-state index in [1.54, 1.807) is 0 Å². The van der Waals surface area contributed by atoms with E-state index >= 15 is 0 Å². The summed E-state index contributed by atoms with van der Waals surface area (Å²) in [5.41, 5.74) is 4.50. The fraction of sp³-hybridized carbons (Fsp3) is 0. The standard InChI is InChI=1S/CH4N2.2HI.Pb/c2-1-3;;;/h1H,(H3,2,3);2*1H;/q;;;+2/p-1. The number of hydrogen-bond donors (Lipinski definition) is 2. The van der Waals surface area contributed by atoms with Crippen LogP contribution in [0.2, 0.25) is 0 Å². The Morgan fingerprint density at radius 1 is 1.67 bits per heavy atom. The summed E-state index contributed by atoms with van der Waals surface area (Å²) in [6.07, 6.45) is 1.00. The molecule has 2 nitrogen and oxygen atoms in total. The van der Waals surface area contributed by atoms with Crippen LogP contribution in [-0.4, -0.2) is 22.0 Å². The van der Waals surface area contributed by atoms with Crippen LogP contribution in [0.15, 0.2) is 0 Å². The molecule has 0 amide bonds. The van der Waals surface area contributed by atoms with Crippen molar-refractivity contribution in [3.63, 3.8) is 0 Å². The summed E-state index contributed by atoms with van der Waals surface area (Å²) in [4.78, 5) is 0. The van der Waals surface area contributed by atoms with Gasteiger partial charge in [-0.15, -0.1) is 0 Å². The summed E-state index contributed by atoms with van der Waals surface area (Å²) in [6, 6.07) is 0. The van der Waals surface area contributed by atoms with Crippen molar-refractivity contribution in [1.82, 2.24) is 0 Å². The SMILES string of the molecule is NC=[NH2+].[I][Pb][I]. The monoisotopic (exact) mass is 507 g/mol. The Labute approximate surface area is 67.3 Å². The van der Waals surface area contributed by atoms with Crippen molar-refractivity contribution in [2.75, 3.05) is 0 Å². The zero-order valence-electron chi connectivity index (χ0n) is 2.99. The van der Waals surface area contributed by atoms with Gasteiger partial charge in [0.25, 0.3) is 0 Å². The minimum atomic E-state index is 0.0233. The van der Waals surface area contributed by atoms with E-state index < -0.39 is 0 Å². The molecule has 2 radical (unpaired) electrons. The second-order valence-electron chi connectivity index (χ2n) is 0.264. The van der Waals surface area contributed by atoms with Crippen LogP contribution in [0.1, 0.15) is 0 Å². The van der Waals surface area contributed by atoms with E-state index in [1.165, 1.54) is 0 Å². The average Bonchev–Trinajstić information content (AvgIpc) is 1.39. The molecule has 5 heteroatoms. The number of nitrogens with two attached hydrogens (primary N) is 2. The number of rotatable bonds is 0. The molecule has 0 aromatic rings. The third-order valence-corrected chi connectivity index (χ3v) is 0. The molecule has 0 saturated heterocycles. The van der Waals surface area contributed by atoms with Gasteiger partial charge in [-0.25, -0.2) is 0 Å². The Balaban J connectivity index is 0. The first-order valence-electron chi connectivity index (χ1n) is 1.04. The van der Waals surface area contributed by atoms with E-state index in [4.69, 9.17) is 0 Å². The van der Waals surface area contributed by atoms with Crippen LogP contribution >= 0.6 is 35.5 Å². The van der Waals surface area contributed by atoms with Gasteiger partial charge in [0.1, 0.15) is 0 Å². The molecule has 6 heavy (non-hydrogen) atoms. The summed E-state index contributed by atoms with van der Waals surface area (Å²) in [5, 5.41) is 4.50. The molecule has 0 aliphatic heterocycles. The van der Waals surface area contributed by atoms with Crippen LogP contribution in [0.3, 0.4) is 0 Å². The van der Waals surface area contributed by atoms with Crippen molar-refractivity contribution in [2.45, 2.75) is 0 Å². The van der Waals surface area contributed by atoms with Crippen LogP contribution in [-0.2, 0) is 0 Å². The molecular weight excluding hydrogens is 501 g/mol. The summed E-state index contributed by atoms with van der Waals surface area (Å²) >= 11 is 4.96. The predicted octanol–water partition coefficient (Wildman–Crippen LogP) is -0.877. The average molecular weight is 506 g/mol. The third-order valence-electron chi connectivity index (χ3n) is 0.